The smallest absolute Gasteiger partial charge is 0.266 e. The topological polar surface area (TPSA) is 77.1 Å². The number of carbonyl (C=O) groups is 1. The van der Waals surface area contributed by atoms with E-state index in [1.807, 2.05) is 30.3 Å². The van der Waals surface area contributed by atoms with E-state index in [1.165, 1.54) is 0 Å². The Balaban J connectivity index is 1.45. The molecule has 1 unspecified atom stereocenters. The fourth-order valence-electron chi connectivity index (χ4n) is 3.31. The maximum absolute atomic E-state index is 15.6. The fourth-order valence-corrected chi connectivity index (χ4v) is 3.31. The van der Waals surface area contributed by atoms with Gasteiger partial charge in [0.1, 0.15) is 0 Å². The highest BCUT2D eigenvalue weighted by molar-refractivity contribution is 5.76. The second-order valence-electron chi connectivity index (χ2n) is 6.69. The van der Waals surface area contributed by atoms with Gasteiger partial charge in [0.05, 0.1) is 6.54 Å². The molecule has 1 aliphatic rings. The molecule has 0 N–H and O–H groups in total. The average molecular weight is 369 g/mol. The van der Waals surface area contributed by atoms with Crippen LogP contribution in [0.2, 0.25) is 0 Å². The lowest BCUT2D eigenvalue weighted by Crippen LogP contribution is -2.46. The van der Waals surface area contributed by atoms with Crippen LogP contribution in [0.1, 0.15) is 25.2 Å². The molecular formula is C19H20FN5O2. The summed E-state index contributed by atoms with van der Waals surface area (Å²) in [5.74, 6) is 0.186. The van der Waals surface area contributed by atoms with E-state index in [4.69, 9.17) is 4.52 Å². The van der Waals surface area contributed by atoms with Crippen LogP contribution >= 0.6 is 0 Å². The van der Waals surface area contributed by atoms with Gasteiger partial charge in [-0.25, -0.2) is 4.39 Å². The molecule has 4 rings (SSSR count). The van der Waals surface area contributed by atoms with Crippen molar-refractivity contribution in [3.63, 3.8) is 0 Å². The van der Waals surface area contributed by atoms with Crippen molar-refractivity contribution in [1.29, 1.82) is 0 Å². The molecule has 1 fully saturated rings. The first-order valence-corrected chi connectivity index (χ1v) is 8.98. The quantitative estimate of drug-likeness (QED) is 0.691. The summed E-state index contributed by atoms with van der Waals surface area (Å²) in [6.45, 7) is 0.936. The number of carbonyl (C=O) groups excluding carboxylic acids is 1. The zero-order chi connectivity index (χ0) is 18.7. The van der Waals surface area contributed by atoms with Crippen molar-refractivity contribution in [2.24, 2.45) is 0 Å². The molecule has 1 amide bonds. The number of amides is 1. The lowest BCUT2D eigenvalue weighted by Gasteiger charge is -2.35. The molecule has 3 heterocycles. The van der Waals surface area contributed by atoms with Crippen molar-refractivity contribution in [1.82, 2.24) is 24.8 Å². The van der Waals surface area contributed by atoms with E-state index >= 15 is 4.39 Å². The van der Waals surface area contributed by atoms with Crippen molar-refractivity contribution >= 4 is 5.91 Å². The molecule has 1 aromatic carbocycles. The SMILES string of the molecule is O=C(CCn1cccn1)N1CCCC(F)(c2nc(-c3ccccc3)no2)C1. The molecule has 0 radical (unpaired) electrons. The van der Waals surface area contributed by atoms with Gasteiger partial charge in [-0.2, -0.15) is 10.1 Å². The summed E-state index contributed by atoms with van der Waals surface area (Å²) in [5.41, 5.74) is -1.06. The fraction of sp³-hybridized carbons (Fsp3) is 0.368. The number of hydrogen-bond acceptors (Lipinski definition) is 5. The van der Waals surface area contributed by atoms with E-state index < -0.39 is 5.67 Å². The molecule has 0 spiro atoms. The number of rotatable bonds is 5. The monoisotopic (exact) mass is 369 g/mol. The summed E-state index contributed by atoms with van der Waals surface area (Å²) in [6.07, 6.45) is 4.54. The predicted molar refractivity (Wildman–Crippen MR) is 95.2 cm³/mol. The highest BCUT2D eigenvalue weighted by Crippen LogP contribution is 2.35. The number of aromatic nitrogens is 4. The van der Waals surface area contributed by atoms with Crippen LogP contribution in [0.25, 0.3) is 11.4 Å². The minimum Gasteiger partial charge on any atom is -0.339 e. The minimum atomic E-state index is -1.82. The molecule has 3 aromatic rings. The number of halogens is 1. The van der Waals surface area contributed by atoms with Gasteiger partial charge in [-0.1, -0.05) is 35.5 Å². The van der Waals surface area contributed by atoms with Gasteiger partial charge in [0.25, 0.3) is 5.89 Å². The third kappa shape index (κ3) is 3.74. The largest absolute Gasteiger partial charge is 0.339 e. The Labute approximate surface area is 155 Å². The van der Waals surface area contributed by atoms with E-state index in [2.05, 4.69) is 15.2 Å². The van der Waals surface area contributed by atoms with Crippen LogP contribution in [-0.4, -0.2) is 43.8 Å². The summed E-state index contributed by atoms with van der Waals surface area (Å²) in [6, 6.07) is 11.1. The van der Waals surface area contributed by atoms with Gasteiger partial charge in [0.2, 0.25) is 17.4 Å². The minimum absolute atomic E-state index is 0.0640. The normalized spacial score (nSPS) is 20.0. The lowest BCUT2D eigenvalue weighted by molar-refractivity contribution is -0.136. The van der Waals surface area contributed by atoms with Gasteiger partial charge in [0.15, 0.2) is 0 Å². The Kier molecular flexibility index (Phi) is 4.70. The van der Waals surface area contributed by atoms with E-state index in [0.717, 1.165) is 5.56 Å². The Bertz CT molecular complexity index is 896. The van der Waals surface area contributed by atoms with Crippen LogP contribution < -0.4 is 0 Å². The third-order valence-corrected chi connectivity index (χ3v) is 4.75. The van der Waals surface area contributed by atoms with Gasteiger partial charge < -0.3 is 9.42 Å². The van der Waals surface area contributed by atoms with Gasteiger partial charge >= 0.3 is 0 Å². The maximum atomic E-state index is 15.6. The van der Waals surface area contributed by atoms with Crippen LogP contribution in [0, 0.1) is 0 Å². The zero-order valence-corrected chi connectivity index (χ0v) is 14.8. The van der Waals surface area contributed by atoms with Crippen LogP contribution in [0.15, 0.2) is 53.3 Å². The van der Waals surface area contributed by atoms with Crippen LogP contribution in [-0.2, 0) is 17.0 Å². The van der Waals surface area contributed by atoms with Gasteiger partial charge in [-0.15, -0.1) is 0 Å². The summed E-state index contributed by atoms with van der Waals surface area (Å²) < 4.78 is 22.5. The third-order valence-electron chi connectivity index (χ3n) is 4.75. The van der Waals surface area contributed by atoms with Crippen molar-refractivity contribution in [3.05, 3.63) is 54.7 Å². The molecule has 2 aromatic heterocycles. The number of likely N-dealkylation sites (tertiary alicyclic amines) is 1. The molecule has 1 atom stereocenters. The highest BCUT2D eigenvalue weighted by atomic mass is 19.1. The van der Waals surface area contributed by atoms with Crippen LogP contribution in [0.5, 0.6) is 0 Å². The second kappa shape index (κ2) is 7.30. The number of piperidine rings is 1. The summed E-state index contributed by atoms with van der Waals surface area (Å²) >= 11 is 0. The average Bonchev–Trinajstić information content (AvgIpc) is 3.39. The summed E-state index contributed by atoms with van der Waals surface area (Å²) in [5, 5.41) is 7.99. The second-order valence-corrected chi connectivity index (χ2v) is 6.69. The molecule has 7 nitrogen and oxygen atoms in total. The first-order valence-electron chi connectivity index (χ1n) is 8.98. The molecule has 1 saturated heterocycles. The van der Waals surface area contributed by atoms with Crippen molar-refractivity contribution in [3.8, 4) is 11.4 Å². The molecule has 0 aliphatic carbocycles. The Morgan fingerprint density at radius 1 is 1.26 bits per heavy atom. The maximum Gasteiger partial charge on any atom is 0.266 e. The summed E-state index contributed by atoms with van der Waals surface area (Å²) in [7, 11) is 0. The first kappa shape index (κ1) is 17.4. The van der Waals surface area contributed by atoms with Gasteiger partial charge in [0, 0.05) is 37.5 Å². The standard InChI is InChI=1S/C19H20FN5O2/c20-19(18-22-17(23-27-18)15-6-2-1-3-7-15)9-4-11-24(14-19)16(26)8-13-25-12-5-10-21-25/h1-3,5-7,10,12H,4,8-9,11,13-14H2. The van der Waals surface area contributed by atoms with E-state index in [-0.39, 0.29) is 31.2 Å². The number of hydrogen-bond donors (Lipinski definition) is 0. The van der Waals surface area contributed by atoms with Gasteiger partial charge in [-0.05, 0) is 18.9 Å². The van der Waals surface area contributed by atoms with Crippen molar-refractivity contribution in [2.75, 3.05) is 13.1 Å². The highest BCUT2D eigenvalue weighted by Gasteiger charge is 2.43. The molecule has 0 bridgehead atoms. The van der Waals surface area contributed by atoms with Gasteiger partial charge in [-0.3, -0.25) is 9.48 Å². The van der Waals surface area contributed by atoms with Crippen LogP contribution in [0.3, 0.4) is 0 Å². The molecular weight excluding hydrogens is 349 g/mol. The molecule has 8 heteroatoms. The number of aryl methyl sites for hydroxylation is 1. The molecule has 140 valence electrons. The predicted octanol–water partition coefficient (Wildman–Crippen LogP) is 2.81. The number of alkyl halides is 1. The lowest BCUT2D eigenvalue weighted by atomic mass is 9.94. The molecule has 27 heavy (non-hydrogen) atoms. The Morgan fingerprint density at radius 3 is 2.89 bits per heavy atom. The zero-order valence-electron chi connectivity index (χ0n) is 14.8. The summed E-state index contributed by atoms with van der Waals surface area (Å²) in [4.78, 5) is 18.3. The molecule has 0 saturated carbocycles. The van der Waals surface area contributed by atoms with E-state index in [1.54, 1.807) is 28.0 Å². The molecule has 1 aliphatic heterocycles. The Morgan fingerprint density at radius 2 is 2.11 bits per heavy atom. The first-order chi connectivity index (χ1) is 13.1. The Hall–Kier alpha value is -3.03. The number of nitrogens with zero attached hydrogens (tertiary/aromatic N) is 5. The number of benzene rings is 1. The van der Waals surface area contributed by atoms with Crippen LogP contribution in [0.4, 0.5) is 4.39 Å². The van der Waals surface area contributed by atoms with Crippen molar-refractivity contribution < 1.29 is 13.7 Å². The van der Waals surface area contributed by atoms with Crippen molar-refractivity contribution in [2.45, 2.75) is 31.5 Å². The van der Waals surface area contributed by atoms with E-state index in [9.17, 15) is 4.79 Å². The van der Waals surface area contributed by atoms with E-state index in [0.29, 0.717) is 25.3 Å².